The molecule has 4 rings (SSSR count). The number of halogens is 1. The number of rotatable bonds is 9. The molecule has 1 atom stereocenters. The van der Waals surface area contributed by atoms with Gasteiger partial charge in [0.25, 0.3) is 5.91 Å². The van der Waals surface area contributed by atoms with Crippen molar-refractivity contribution in [2.24, 2.45) is 4.99 Å². The number of ether oxygens (including phenoxy) is 1. The highest BCUT2D eigenvalue weighted by atomic mass is 35.5. The zero-order valence-electron chi connectivity index (χ0n) is 23.0. The molecular formula is C30H30ClN5O6. The van der Waals surface area contributed by atoms with Crippen LogP contribution in [0.4, 0.5) is 10.5 Å². The summed E-state index contributed by atoms with van der Waals surface area (Å²) in [5.74, 6) is -0.493. The number of nitrogens with one attached hydrogen (secondary N) is 2. The SMILES string of the molecule is CC[C@@H](NC(=O)N1CC(NOc2ccccc2)=NC=C(Cc2cc(Cl)ccc2OC)C1=O)c1ccc(C(=O)O)c(N)c1. The number of amidine groups is 1. The van der Waals surface area contributed by atoms with Gasteiger partial charge in [-0.3, -0.25) is 9.69 Å². The zero-order valence-corrected chi connectivity index (χ0v) is 23.7. The number of carboxylic acid groups (broad SMARTS) is 1. The molecule has 0 aliphatic carbocycles. The number of nitrogens with two attached hydrogens (primary N) is 1. The van der Waals surface area contributed by atoms with Gasteiger partial charge in [0.2, 0.25) is 0 Å². The Hall–Kier alpha value is -5.03. The van der Waals surface area contributed by atoms with Crippen molar-refractivity contribution in [2.75, 3.05) is 19.4 Å². The highest BCUT2D eigenvalue weighted by molar-refractivity contribution is 6.30. The normalized spacial score (nSPS) is 13.8. The molecular weight excluding hydrogens is 562 g/mol. The van der Waals surface area contributed by atoms with E-state index < -0.39 is 23.9 Å². The molecule has 0 saturated heterocycles. The van der Waals surface area contributed by atoms with Gasteiger partial charge >= 0.3 is 12.0 Å². The molecule has 0 fully saturated rings. The third-order valence-corrected chi connectivity index (χ3v) is 6.75. The predicted molar refractivity (Wildman–Crippen MR) is 159 cm³/mol. The van der Waals surface area contributed by atoms with E-state index in [4.69, 9.17) is 26.9 Å². The van der Waals surface area contributed by atoms with E-state index in [2.05, 4.69) is 15.8 Å². The van der Waals surface area contributed by atoms with Crippen LogP contribution in [-0.2, 0) is 11.2 Å². The number of amides is 3. The third kappa shape index (κ3) is 7.18. The lowest BCUT2D eigenvalue weighted by atomic mass is 10.0. The minimum absolute atomic E-state index is 0.0424. The summed E-state index contributed by atoms with van der Waals surface area (Å²) in [5.41, 5.74) is 10.1. The maximum Gasteiger partial charge on any atom is 0.337 e. The summed E-state index contributed by atoms with van der Waals surface area (Å²) in [4.78, 5) is 49.8. The van der Waals surface area contributed by atoms with E-state index in [0.717, 1.165) is 4.90 Å². The van der Waals surface area contributed by atoms with Crippen molar-refractivity contribution < 1.29 is 29.1 Å². The van der Waals surface area contributed by atoms with Crippen LogP contribution in [0.3, 0.4) is 0 Å². The van der Waals surface area contributed by atoms with E-state index in [9.17, 15) is 19.5 Å². The number of anilines is 1. The molecule has 1 heterocycles. The van der Waals surface area contributed by atoms with Gasteiger partial charge in [0.1, 0.15) is 5.75 Å². The van der Waals surface area contributed by atoms with Gasteiger partial charge in [0.15, 0.2) is 11.6 Å². The van der Waals surface area contributed by atoms with Crippen LogP contribution in [0.25, 0.3) is 0 Å². The smallest absolute Gasteiger partial charge is 0.337 e. The number of hydroxylamine groups is 1. The van der Waals surface area contributed by atoms with E-state index in [0.29, 0.717) is 34.1 Å². The maximum absolute atomic E-state index is 13.8. The summed E-state index contributed by atoms with van der Waals surface area (Å²) in [7, 11) is 1.51. The number of carboxylic acids is 1. The van der Waals surface area contributed by atoms with Crippen molar-refractivity contribution in [1.29, 1.82) is 0 Å². The number of methoxy groups -OCH3 is 1. The molecule has 3 amide bonds. The van der Waals surface area contributed by atoms with Gasteiger partial charge in [-0.05, 0) is 54.4 Å². The molecule has 0 unspecified atom stereocenters. The highest BCUT2D eigenvalue weighted by Crippen LogP contribution is 2.27. The minimum Gasteiger partial charge on any atom is -0.496 e. The Kier molecular flexibility index (Phi) is 9.66. The first-order chi connectivity index (χ1) is 20.2. The number of aliphatic imine (C=N–C) groups is 1. The quantitative estimate of drug-likeness (QED) is 0.205. The second-order valence-corrected chi connectivity index (χ2v) is 9.77. The second kappa shape index (κ2) is 13.6. The molecule has 0 aromatic heterocycles. The molecule has 1 aliphatic heterocycles. The molecule has 0 radical (unpaired) electrons. The third-order valence-electron chi connectivity index (χ3n) is 6.52. The summed E-state index contributed by atoms with van der Waals surface area (Å²) in [6.07, 6.45) is 1.92. The molecule has 12 heteroatoms. The van der Waals surface area contributed by atoms with Gasteiger partial charge in [-0.15, -0.1) is 0 Å². The fourth-order valence-corrected chi connectivity index (χ4v) is 4.52. The second-order valence-electron chi connectivity index (χ2n) is 9.33. The zero-order chi connectivity index (χ0) is 30.2. The number of aromatic carboxylic acids is 1. The Balaban J connectivity index is 1.62. The van der Waals surface area contributed by atoms with Crippen molar-refractivity contribution in [3.05, 3.63) is 100 Å². The number of carbonyl (C=O) groups excluding carboxylic acids is 2. The van der Waals surface area contributed by atoms with Gasteiger partial charge in [-0.2, -0.15) is 0 Å². The van der Waals surface area contributed by atoms with Gasteiger partial charge in [0, 0.05) is 34.5 Å². The number of nitrogens with zero attached hydrogens (tertiary/aromatic N) is 2. The fourth-order valence-electron chi connectivity index (χ4n) is 4.33. The number of carbonyl (C=O) groups is 3. The lowest BCUT2D eigenvalue weighted by Gasteiger charge is -2.25. The van der Waals surface area contributed by atoms with Crippen LogP contribution in [0, 0.1) is 0 Å². The van der Waals surface area contributed by atoms with Crippen LogP contribution in [0.1, 0.15) is 40.9 Å². The van der Waals surface area contributed by atoms with E-state index in [1.54, 1.807) is 48.5 Å². The molecule has 3 aromatic rings. The summed E-state index contributed by atoms with van der Waals surface area (Å²) >= 11 is 6.20. The van der Waals surface area contributed by atoms with Crippen LogP contribution in [-0.4, -0.2) is 47.4 Å². The maximum atomic E-state index is 13.8. The summed E-state index contributed by atoms with van der Waals surface area (Å²) < 4.78 is 5.44. The van der Waals surface area contributed by atoms with E-state index in [-0.39, 0.29) is 35.6 Å². The van der Waals surface area contributed by atoms with Crippen molar-refractivity contribution in [1.82, 2.24) is 15.7 Å². The fraction of sp³-hybridized carbons (Fsp3) is 0.200. The minimum atomic E-state index is -1.15. The molecule has 3 aromatic carbocycles. The predicted octanol–water partition coefficient (Wildman–Crippen LogP) is 4.74. The highest BCUT2D eigenvalue weighted by Gasteiger charge is 2.30. The number of hydrogen-bond acceptors (Lipinski definition) is 8. The van der Waals surface area contributed by atoms with Gasteiger partial charge < -0.3 is 25.7 Å². The number of urea groups is 1. The number of nitrogen functional groups attached to an aromatic ring is 1. The van der Waals surface area contributed by atoms with E-state index in [1.807, 2.05) is 13.0 Å². The van der Waals surface area contributed by atoms with Crippen molar-refractivity contribution in [2.45, 2.75) is 25.8 Å². The van der Waals surface area contributed by atoms with Crippen molar-refractivity contribution in [3.63, 3.8) is 0 Å². The number of hydrogen-bond donors (Lipinski definition) is 4. The Morgan fingerprint density at radius 2 is 1.90 bits per heavy atom. The Bertz CT molecular complexity index is 1540. The lowest BCUT2D eigenvalue weighted by molar-refractivity contribution is -0.123. The molecule has 5 N–H and O–H groups in total. The van der Waals surface area contributed by atoms with Crippen molar-refractivity contribution in [3.8, 4) is 11.5 Å². The monoisotopic (exact) mass is 591 g/mol. The first kappa shape index (κ1) is 29.9. The number of imide groups is 1. The lowest BCUT2D eigenvalue weighted by Crippen LogP contribution is -2.49. The standard InChI is InChI=1S/C30H30ClN5O6/c1-3-25(18-9-11-23(29(38)39)24(32)15-18)34-30(40)36-17-27(35-42-22-7-5-4-6-8-22)33-16-20(28(36)37)13-19-14-21(31)10-12-26(19)41-2/h4-12,14-16,25H,3,13,17,32H2,1-2H3,(H,33,35)(H,34,40)(H,38,39)/t25-/m1/s1. The van der Waals surface area contributed by atoms with Crippen molar-refractivity contribution >= 4 is 41.0 Å². The van der Waals surface area contributed by atoms with Gasteiger partial charge in [-0.1, -0.05) is 42.8 Å². The molecule has 0 saturated carbocycles. The molecule has 0 spiro atoms. The Morgan fingerprint density at radius 3 is 2.57 bits per heavy atom. The average Bonchev–Trinajstić information content (AvgIpc) is 3.13. The molecule has 11 nitrogen and oxygen atoms in total. The number of benzene rings is 3. The van der Waals surface area contributed by atoms with Gasteiger partial charge in [0.05, 0.1) is 25.3 Å². The largest absolute Gasteiger partial charge is 0.496 e. The Labute approximate surface area is 247 Å². The average molecular weight is 592 g/mol. The Morgan fingerprint density at radius 1 is 1.14 bits per heavy atom. The number of para-hydroxylation sites is 1. The van der Waals surface area contributed by atoms with Crippen LogP contribution in [0.5, 0.6) is 11.5 Å². The summed E-state index contributed by atoms with van der Waals surface area (Å²) in [5, 5.41) is 12.6. The molecule has 1 aliphatic rings. The summed E-state index contributed by atoms with van der Waals surface area (Å²) in [6, 6.07) is 17.2. The van der Waals surface area contributed by atoms with Crippen LogP contribution >= 0.6 is 11.6 Å². The molecule has 42 heavy (non-hydrogen) atoms. The van der Waals surface area contributed by atoms with Crippen LogP contribution in [0.2, 0.25) is 5.02 Å². The van der Waals surface area contributed by atoms with Gasteiger partial charge in [-0.25, -0.2) is 20.1 Å². The van der Waals surface area contributed by atoms with Crippen LogP contribution in [0.15, 0.2) is 83.5 Å². The van der Waals surface area contributed by atoms with Crippen LogP contribution < -0.4 is 26.1 Å². The first-order valence-electron chi connectivity index (χ1n) is 13.0. The molecule has 0 bridgehead atoms. The first-order valence-corrected chi connectivity index (χ1v) is 13.4. The molecule has 218 valence electrons. The summed E-state index contributed by atoms with van der Waals surface area (Å²) in [6.45, 7) is 1.62. The topological polar surface area (TPSA) is 156 Å². The van der Waals surface area contributed by atoms with E-state index in [1.165, 1.54) is 25.4 Å². The van der Waals surface area contributed by atoms with E-state index >= 15 is 0 Å².